The normalized spacial score (nSPS) is 25.9. The van der Waals surface area contributed by atoms with Gasteiger partial charge in [0, 0.05) is 18.0 Å². The van der Waals surface area contributed by atoms with E-state index in [2.05, 4.69) is 0 Å². The summed E-state index contributed by atoms with van der Waals surface area (Å²) in [5.74, 6) is 0. The van der Waals surface area contributed by atoms with Crippen LogP contribution in [0.4, 0.5) is 5.69 Å². The molecule has 3 atom stereocenters. The Balaban J connectivity index is 2.20. The zero-order valence-electron chi connectivity index (χ0n) is 10.4. The van der Waals surface area contributed by atoms with E-state index in [0.717, 1.165) is 25.7 Å². The number of halogens is 1. The number of benzene rings is 1. The summed E-state index contributed by atoms with van der Waals surface area (Å²) in [4.78, 5) is 0.584. The van der Waals surface area contributed by atoms with Crippen LogP contribution in [-0.2, 0) is 15.5 Å². The van der Waals surface area contributed by atoms with E-state index in [0.29, 0.717) is 15.6 Å². The fraction of sp³-hybridized carbons (Fsp3) is 0.538. The molecular formula is C13H18ClNO2S. The van der Waals surface area contributed by atoms with Crippen LogP contribution in [0.2, 0.25) is 5.02 Å². The standard InChI is InChI=1S/C13H18ClNO2S/c1-17-9-4-2-5-10(8-9)18(16)13-11(14)6-3-7-12(13)15/h3,6-7,9-10H,2,4-5,8,15H2,1H3. The molecule has 1 aliphatic rings. The molecule has 100 valence electrons. The Bertz CT molecular complexity index is 432. The third-order valence-corrected chi connectivity index (χ3v) is 5.73. The van der Waals surface area contributed by atoms with Crippen molar-refractivity contribution in [1.82, 2.24) is 0 Å². The van der Waals surface area contributed by atoms with Crippen molar-refractivity contribution in [3.8, 4) is 0 Å². The number of hydrogen-bond acceptors (Lipinski definition) is 3. The summed E-state index contributed by atoms with van der Waals surface area (Å²) >= 11 is 6.11. The summed E-state index contributed by atoms with van der Waals surface area (Å²) in [6.07, 6.45) is 4.04. The van der Waals surface area contributed by atoms with E-state index in [4.69, 9.17) is 22.1 Å². The van der Waals surface area contributed by atoms with Gasteiger partial charge in [-0.2, -0.15) is 0 Å². The van der Waals surface area contributed by atoms with Crippen LogP contribution in [0.15, 0.2) is 23.1 Å². The van der Waals surface area contributed by atoms with Gasteiger partial charge in [0.05, 0.1) is 26.8 Å². The second-order valence-corrected chi connectivity index (χ2v) is 6.68. The van der Waals surface area contributed by atoms with Gasteiger partial charge in [-0.1, -0.05) is 17.7 Å². The van der Waals surface area contributed by atoms with Crippen LogP contribution < -0.4 is 5.73 Å². The van der Waals surface area contributed by atoms with Crippen LogP contribution in [0.25, 0.3) is 0 Å². The van der Waals surface area contributed by atoms with E-state index in [1.165, 1.54) is 0 Å². The van der Waals surface area contributed by atoms with Crippen LogP contribution in [0, 0.1) is 0 Å². The van der Waals surface area contributed by atoms with Gasteiger partial charge in [0.25, 0.3) is 0 Å². The van der Waals surface area contributed by atoms with E-state index in [1.54, 1.807) is 25.3 Å². The Morgan fingerprint density at radius 3 is 2.89 bits per heavy atom. The van der Waals surface area contributed by atoms with Gasteiger partial charge in [0.2, 0.25) is 0 Å². The summed E-state index contributed by atoms with van der Waals surface area (Å²) in [6, 6.07) is 5.26. The van der Waals surface area contributed by atoms with Crippen molar-refractivity contribution >= 4 is 28.1 Å². The number of hydrogen-bond donors (Lipinski definition) is 1. The summed E-state index contributed by atoms with van der Waals surface area (Å²) in [7, 11) is 0.556. The lowest BCUT2D eigenvalue weighted by atomic mass is 9.97. The van der Waals surface area contributed by atoms with Crippen LogP contribution in [-0.4, -0.2) is 22.7 Å². The molecule has 0 aromatic heterocycles. The molecule has 0 spiro atoms. The van der Waals surface area contributed by atoms with Crippen molar-refractivity contribution in [3.63, 3.8) is 0 Å². The van der Waals surface area contributed by atoms with Crippen molar-refractivity contribution in [1.29, 1.82) is 0 Å². The summed E-state index contributed by atoms with van der Waals surface area (Å²) < 4.78 is 18.0. The highest BCUT2D eigenvalue weighted by Crippen LogP contribution is 2.33. The predicted octanol–water partition coefficient (Wildman–Crippen LogP) is 2.99. The molecule has 1 aromatic rings. The Morgan fingerprint density at radius 1 is 1.44 bits per heavy atom. The zero-order chi connectivity index (χ0) is 13.1. The lowest BCUT2D eigenvalue weighted by Crippen LogP contribution is -2.29. The highest BCUT2D eigenvalue weighted by molar-refractivity contribution is 7.86. The van der Waals surface area contributed by atoms with E-state index >= 15 is 0 Å². The molecule has 0 amide bonds. The van der Waals surface area contributed by atoms with E-state index in [1.807, 2.05) is 0 Å². The van der Waals surface area contributed by atoms with Gasteiger partial charge in [0.15, 0.2) is 0 Å². The smallest absolute Gasteiger partial charge is 0.0806 e. The van der Waals surface area contributed by atoms with Gasteiger partial charge < -0.3 is 10.5 Å². The van der Waals surface area contributed by atoms with Crippen LogP contribution >= 0.6 is 11.6 Å². The minimum atomic E-state index is -1.15. The van der Waals surface area contributed by atoms with Crippen molar-refractivity contribution in [3.05, 3.63) is 23.2 Å². The predicted molar refractivity (Wildman–Crippen MR) is 75.3 cm³/mol. The highest BCUT2D eigenvalue weighted by Gasteiger charge is 2.28. The van der Waals surface area contributed by atoms with Crippen LogP contribution in [0.5, 0.6) is 0 Å². The Hall–Kier alpha value is -0.580. The molecule has 1 aromatic carbocycles. The maximum absolute atomic E-state index is 12.6. The quantitative estimate of drug-likeness (QED) is 0.870. The maximum atomic E-state index is 12.6. The lowest BCUT2D eigenvalue weighted by Gasteiger charge is -2.28. The van der Waals surface area contributed by atoms with E-state index < -0.39 is 10.8 Å². The second kappa shape index (κ2) is 6.04. The van der Waals surface area contributed by atoms with Gasteiger partial charge in [-0.25, -0.2) is 0 Å². The number of rotatable bonds is 3. The second-order valence-electron chi connectivity index (χ2n) is 4.60. The molecular weight excluding hydrogens is 270 g/mol. The van der Waals surface area contributed by atoms with Crippen LogP contribution in [0.3, 0.4) is 0 Å². The molecule has 0 aliphatic heterocycles. The third-order valence-electron chi connectivity index (χ3n) is 3.41. The van der Waals surface area contributed by atoms with E-state index in [-0.39, 0.29) is 11.4 Å². The number of nitrogen functional groups attached to an aromatic ring is 1. The summed E-state index contributed by atoms with van der Waals surface area (Å²) in [5.41, 5.74) is 6.40. The van der Waals surface area contributed by atoms with E-state index in [9.17, 15) is 4.21 Å². The van der Waals surface area contributed by atoms with Crippen LogP contribution in [0.1, 0.15) is 25.7 Å². The molecule has 0 bridgehead atoms. The van der Waals surface area contributed by atoms with Crippen molar-refractivity contribution in [2.24, 2.45) is 0 Å². The molecule has 0 radical (unpaired) electrons. The molecule has 18 heavy (non-hydrogen) atoms. The lowest BCUT2D eigenvalue weighted by molar-refractivity contribution is 0.0725. The number of nitrogens with two attached hydrogens (primary N) is 1. The molecule has 2 N–H and O–H groups in total. The maximum Gasteiger partial charge on any atom is 0.0806 e. The molecule has 0 saturated heterocycles. The topological polar surface area (TPSA) is 52.3 Å². The largest absolute Gasteiger partial charge is 0.398 e. The Kier molecular flexibility index (Phi) is 4.65. The van der Waals surface area contributed by atoms with Crippen molar-refractivity contribution in [2.75, 3.05) is 12.8 Å². The SMILES string of the molecule is COC1CCCC(S(=O)c2c(N)cccc2Cl)C1. The number of anilines is 1. The first kappa shape index (κ1) is 13.8. The minimum absolute atomic E-state index is 0.0888. The first-order chi connectivity index (χ1) is 8.63. The molecule has 0 heterocycles. The van der Waals surface area contributed by atoms with Crippen molar-refractivity contribution in [2.45, 2.75) is 41.9 Å². The molecule has 5 heteroatoms. The van der Waals surface area contributed by atoms with Gasteiger partial charge >= 0.3 is 0 Å². The monoisotopic (exact) mass is 287 g/mol. The fourth-order valence-electron chi connectivity index (χ4n) is 2.42. The summed E-state index contributed by atoms with van der Waals surface area (Å²) in [5, 5.41) is 0.582. The first-order valence-corrected chi connectivity index (χ1v) is 7.70. The molecule has 3 unspecified atom stereocenters. The Morgan fingerprint density at radius 2 is 2.22 bits per heavy atom. The summed E-state index contributed by atoms with van der Waals surface area (Å²) in [6.45, 7) is 0. The third kappa shape index (κ3) is 2.87. The van der Waals surface area contributed by atoms with Gasteiger partial charge in [-0.15, -0.1) is 0 Å². The molecule has 1 saturated carbocycles. The number of methoxy groups -OCH3 is 1. The molecule has 3 nitrogen and oxygen atoms in total. The van der Waals surface area contributed by atoms with Gasteiger partial charge in [-0.05, 0) is 37.8 Å². The first-order valence-electron chi connectivity index (χ1n) is 6.11. The molecule has 2 rings (SSSR count). The molecule has 1 aliphatic carbocycles. The zero-order valence-corrected chi connectivity index (χ0v) is 12.0. The Labute approximate surface area is 115 Å². The fourth-order valence-corrected chi connectivity index (χ4v) is 4.49. The van der Waals surface area contributed by atoms with Crippen molar-refractivity contribution < 1.29 is 8.95 Å². The van der Waals surface area contributed by atoms with Gasteiger partial charge in [-0.3, -0.25) is 4.21 Å². The molecule has 1 fully saturated rings. The average Bonchev–Trinajstić information content (AvgIpc) is 2.38. The van der Waals surface area contributed by atoms with Gasteiger partial charge in [0.1, 0.15) is 0 Å². The number of ether oxygens (including phenoxy) is 1. The average molecular weight is 288 g/mol. The minimum Gasteiger partial charge on any atom is -0.398 e. The highest BCUT2D eigenvalue weighted by atomic mass is 35.5.